The van der Waals surface area contributed by atoms with E-state index in [0.717, 1.165) is 12.1 Å². The number of carbonyl (C=O) groups is 2. The van der Waals surface area contributed by atoms with Crippen molar-refractivity contribution in [2.45, 2.75) is 20.0 Å². The van der Waals surface area contributed by atoms with Crippen molar-refractivity contribution < 1.29 is 23.1 Å². The van der Waals surface area contributed by atoms with E-state index in [-0.39, 0.29) is 11.3 Å². The maximum absolute atomic E-state index is 13.4. The summed E-state index contributed by atoms with van der Waals surface area (Å²) in [7, 11) is 0. The summed E-state index contributed by atoms with van der Waals surface area (Å²) in [6.45, 7) is 2.94. The first-order chi connectivity index (χ1) is 10.9. The van der Waals surface area contributed by atoms with Gasteiger partial charge in [-0.05, 0) is 49.7 Å². The monoisotopic (exact) mass is 319 g/mol. The molecule has 6 heteroatoms. The highest BCUT2D eigenvalue weighted by molar-refractivity contribution is 5.97. The molecule has 0 bridgehead atoms. The van der Waals surface area contributed by atoms with Crippen molar-refractivity contribution >= 4 is 17.6 Å². The lowest BCUT2D eigenvalue weighted by molar-refractivity contribution is -0.123. The first-order valence-electron chi connectivity index (χ1n) is 6.90. The van der Waals surface area contributed by atoms with Crippen LogP contribution >= 0.6 is 0 Å². The smallest absolute Gasteiger partial charge is 0.339 e. The van der Waals surface area contributed by atoms with E-state index in [2.05, 4.69) is 5.32 Å². The van der Waals surface area contributed by atoms with Gasteiger partial charge in [0.2, 0.25) is 0 Å². The number of aryl methyl sites for hydroxylation is 1. The zero-order valence-corrected chi connectivity index (χ0v) is 12.6. The number of ether oxygens (including phenoxy) is 1. The highest BCUT2D eigenvalue weighted by atomic mass is 19.1. The molecule has 23 heavy (non-hydrogen) atoms. The van der Waals surface area contributed by atoms with Gasteiger partial charge in [-0.2, -0.15) is 0 Å². The molecule has 0 aromatic heterocycles. The Morgan fingerprint density at radius 1 is 1.13 bits per heavy atom. The third kappa shape index (κ3) is 4.35. The van der Waals surface area contributed by atoms with Crippen molar-refractivity contribution in [3.8, 4) is 0 Å². The molecule has 0 fully saturated rings. The van der Waals surface area contributed by atoms with E-state index >= 15 is 0 Å². The van der Waals surface area contributed by atoms with Crippen molar-refractivity contribution in [3.05, 3.63) is 65.2 Å². The Balaban J connectivity index is 2.00. The molecule has 0 spiro atoms. The molecule has 1 unspecified atom stereocenters. The predicted molar refractivity (Wildman–Crippen MR) is 81.0 cm³/mol. The minimum atomic E-state index is -1.12. The Kier molecular flexibility index (Phi) is 5.05. The fourth-order valence-corrected chi connectivity index (χ4v) is 1.81. The molecule has 120 valence electrons. The highest BCUT2D eigenvalue weighted by Gasteiger charge is 2.19. The second-order valence-electron chi connectivity index (χ2n) is 5.01. The highest BCUT2D eigenvalue weighted by Crippen LogP contribution is 2.13. The lowest BCUT2D eigenvalue weighted by atomic mass is 10.1. The summed E-state index contributed by atoms with van der Waals surface area (Å²) >= 11 is 0. The van der Waals surface area contributed by atoms with E-state index in [1.54, 1.807) is 6.92 Å². The zero-order valence-electron chi connectivity index (χ0n) is 12.6. The maximum atomic E-state index is 13.4. The average Bonchev–Trinajstić information content (AvgIpc) is 2.49. The van der Waals surface area contributed by atoms with E-state index in [1.807, 2.05) is 0 Å². The number of amides is 1. The summed E-state index contributed by atoms with van der Waals surface area (Å²) in [6.07, 6.45) is -1.12. The number of hydrogen-bond donors (Lipinski definition) is 1. The Hall–Kier alpha value is -2.76. The fourth-order valence-electron chi connectivity index (χ4n) is 1.81. The van der Waals surface area contributed by atoms with E-state index in [1.165, 1.54) is 37.3 Å². The number of halogens is 2. The molecule has 4 nitrogen and oxygen atoms in total. The van der Waals surface area contributed by atoms with Crippen molar-refractivity contribution in [2.75, 3.05) is 5.32 Å². The van der Waals surface area contributed by atoms with Crippen LogP contribution in [0.3, 0.4) is 0 Å². The van der Waals surface area contributed by atoms with Crippen molar-refractivity contribution in [2.24, 2.45) is 0 Å². The molecule has 0 aliphatic heterocycles. The van der Waals surface area contributed by atoms with Crippen LogP contribution in [-0.4, -0.2) is 18.0 Å². The number of esters is 1. The van der Waals surface area contributed by atoms with Gasteiger partial charge in [-0.25, -0.2) is 13.6 Å². The van der Waals surface area contributed by atoms with Crippen LogP contribution in [0.2, 0.25) is 0 Å². The van der Waals surface area contributed by atoms with Gasteiger partial charge in [0, 0.05) is 5.69 Å². The van der Waals surface area contributed by atoms with Crippen LogP contribution in [0.1, 0.15) is 22.8 Å². The molecule has 2 aromatic rings. The maximum Gasteiger partial charge on any atom is 0.339 e. The van der Waals surface area contributed by atoms with E-state index in [9.17, 15) is 18.4 Å². The molecular weight excluding hydrogens is 304 g/mol. The van der Waals surface area contributed by atoms with Gasteiger partial charge in [-0.3, -0.25) is 4.79 Å². The summed E-state index contributed by atoms with van der Waals surface area (Å²) in [6, 6.07) is 9.24. The van der Waals surface area contributed by atoms with Crippen LogP contribution in [0.25, 0.3) is 0 Å². The SMILES string of the molecule is Cc1ccc(C(=O)OC(C)C(=O)Nc2cccc(F)c2)cc1F. The fraction of sp³-hybridized carbons (Fsp3) is 0.176. The number of benzene rings is 2. The normalized spacial score (nSPS) is 11.7. The minimum Gasteiger partial charge on any atom is -0.449 e. The number of anilines is 1. The third-order valence-corrected chi connectivity index (χ3v) is 3.15. The predicted octanol–water partition coefficient (Wildman–Crippen LogP) is 3.46. The number of carbonyl (C=O) groups excluding carboxylic acids is 2. The lowest BCUT2D eigenvalue weighted by Gasteiger charge is -2.13. The topological polar surface area (TPSA) is 55.4 Å². The van der Waals surface area contributed by atoms with Crippen LogP contribution in [-0.2, 0) is 9.53 Å². The Labute approximate surface area is 132 Å². The first kappa shape index (κ1) is 16.6. The zero-order chi connectivity index (χ0) is 17.0. The van der Waals surface area contributed by atoms with Crippen molar-refractivity contribution in [1.82, 2.24) is 0 Å². The van der Waals surface area contributed by atoms with Gasteiger partial charge in [-0.1, -0.05) is 12.1 Å². The standard InChI is InChI=1S/C17H15F2NO3/c1-10-6-7-12(8-15(10)19)17(22)23-11(2)16(21)20-14-5-3-4-13(18)9-14/h3-9,11H,1-2H3,(H,20,21). The molecule has 1 atom stereocenters. The molecule has 1 N–H and O–H groups in total. The summed E-state index contributed by atoms with van der Waals surface area (Å²) in [5.74, 6) is -2.46. The van der Waals surface area contributed by atoms with Crippen molar-refractivity contribution in [1.29, 1.82) is 0 Å². The Bertz CT molecular complexity index is 746. The van der Waals surface area contributed by atoms with Crippen LogP contribution in [0.4, 0.5) is 14.5 Å². The quantitative estimate of drug-likeness (QED) is 0.878. The molecule has 0 heterocycles. The summed E-state index contributed by atoms with van der Waals surface area (Å²) in [5.41, 5.74) is 0.663. The van der Waals surface area contributed by atoms with Crippen LogP contribution in [0, 0.1) is 18.6 Å². The van der Waals surface area contributed by atoms with E-state index in [4.69, 9.17) is 4.74 Å². The molecule has 2 aromatic carbocycles. The molecule has 0 saturated carbocycles. The lowest BCUT2D eigenvalue weighted by Crippen LogP contribution is -2.30. The second-order valence-corrected chi connectivity index (χ2v) is 5.01. The number of nitrogens with one attached hydrogen (secondary N) is 1. The molecule has 0 aliphatic carbocycles. The minimum absolute atomic E-state index is 0.0125. The Morgan fingerprint density at radius 3 is 2.52 bits per heavy atom. The van der Waals surface area contributed by atoms with E-state index < -0.39 is 29.6 Å². The molecule has 0 aliphatic rings. The van der Waals surface area contributed by atoms with Crippen molar-refractivity contribution in [3.63, 3.8) is 0 Å². The summed E-state index contributed by atoms with van der Waals surface area (Å²) < 4.78 is 31.5. The Morgan fingerprint density at radius 2 is 1.87 bits per heavy atom. The van der Waals surface area contributed by atoms with Gasteiger partial charge >= 0.3 is 5.97 Å². The van der Waals surface area contributed by atoms with Gasteiger partial charge in [0.15, 0.2) is 6.10 Å². The average molecular weight is 319 g/mol. The van der Waals surface area contributed by atoms with Crippen LogP contribution < -0.4 is 5.32 Å². The molecule has 1 amide bonds. The molecule has 2 rings (SSSR count). The second kappa shape index (κ2) is 7.00. The van der Waals surface area contributed by atoms with Gasteiger partial charge in [-0.15, -0.1) is 0 Å². The van der Waals surface area contributed by atoms with Crippen LogP contribution in [0.15, 0.2) is 42.5 Å². The number of rotatable bonds is 4. The summed E-state index contributed by atoms with van der Waals surface area (Å²) in [5, 5.41) is 2.43. The molecule has 0 saturated heterocycles. The largest absolute Gasteiger partial charge is 0.449 e. The van der Waals surface area contributed by atoms with Gasteiger partial charge < -0.3 is 10.1 Å². The number of hydrogen-bond acceptors (Lipinski definition) is 3. The van der Waals surface area contributed by atoms with Gasteiger partial charge in [0.25, 0.3) is 5.91 Å². The van der Waals surface area contributed by atoms with Gasteiger partial charge in [0.1, 0.15) is 11.6 Å². The van der Waals surface area contributed by atoms with Gasteiger partial charge in [0.05, 0.1) is 5.56 Å². The molecule has 0 radical (unpaired) electrons. The van der Waals surface area contributed by atoms with Crippen LogP contribution in [0.5, 0.6) is 0 Å². The summed E-state index contributed by atoms with van der Waals surface area (Å²) in [4.78, 5) is 23.8. The van der Waals surface area contributed by atoms with E-state index in [0.29, 0.717) is 5.56 Å². The first-order valence-corrected chi connectivity index (χ1v) is 6.90. The molecular formula is C17H15F2NO3. The third-order valence-electron chi connectivity index (χ3n) is 3.15.